The number of rotatable bonds is 5. The highest BCUT2D eigenvalue weighted by Gasteiger charge is 2.43. The molecule has 0 amide bonds. The van der Waals surface area contributed by atoms with Crippen LogP contribution in [0, 0.1) is 0 Å². The average molecular weight is 506 g/mol. The Morgan fingerprint density at radius 2 is 1.94 bits per heavy atom. The maximum absolute atomic E-state index is 11.8. The number of ether oxygens (including phenoxy) is 1. The summed E-state index contributed by atoms with van der Waals surface area (Å²) >= 11 is 11.9. The van der Waals surface area contributed by atoms with Gasteiger partial charge < -0.3 is 24.5 Å². The van der Waals surface area contributed by atoms with Gasteiger partial charge in [0.05, 0.1) is 30.1 Å². The highest BCUT2D eigenvalue weighted by atomic mass is 35.5. The number of halogens is 1. The molecular formula is C26H20ClN3O4S. The SMILES string of the molecule is COC(=O)c1ccc(-c2ccc([C@H]3[C@@H](c4ccccn4)NC(=S)N3c3cc(Cl)ccc3O)o2)cc1. The first-order valence-electron chi connectivity index (χ1n) is 10.7. The van der Waals surface area contributed by atoms with Gasteiger partial charge in [0.1, 0.15) is 23.3 Å². The third-order valence-electron chi connectivity index (χ3n) is 5.80. The number of carbonyl (C=O) groups excluding carboxylic acids is 1. The van der Waals surface area contributed by atoms with Crippen molar-refractivity contribution < 1.29 is 19.1 Å². The number of esters is 1. The van der Waals surface area contributed by atoms with Crippen LogP contribution in [0.5, 0.6) is 5.75 Å². The van der Waals surface area contributed by atoms with E-state index in [1.807, 2.05) is 30.3 Å². The van der Waals surface area contributed by atoms with E-state index in [9.17, 15) is 9.90 Å². The van der Waals surface area contributed by atoms with E-state index in [2.05, 4.69) is 10.3 Å². The van der Waals surface area contributed by atoms with Gasteiger partial charge in [-0.25, -0.2) is 4.79 Å². The van der Waals surface area contributed by atoms with Gasteiger partial charge in [-0.1, -0.05) is 29.8 Å². The van der Waals surface area contributed by atoms with E-state index in [4.69, 9.17) is 33.0 Å². The summed E-state index contributed by atoms with van der Waals surface area (Å²) in [5.74, 6) is 0.858. The maximum Gasteiger partial charge on any atom is 0.337 e. The normalized spacial score (nSPS) is 17.3. The number of hydrogen-bond acceptors (Lipinski definition) is 6. The molecule has 0 aliphatic carbocycles. The van der Waals surface area contributed by atoms with E-state index in [0.29, 0.717) is 32.9 Å². The van der Waals surface area contributed by atoms with Crippen molar-refractivity contribution in [2.75, 3.05) is 12.0 Å². The first-order chi connectivity index (χ1) is 17.0. The lowest BCUT2D eigenvalue weighted by Gasteiger charge is -2.26. The number of methoxy groups -OCH3 is 1. The molecule has 3 heterocycles. The van der Waals surface area contributed by atoms with Gasteiger partial charge in [0.2, 0.25) is 0 Å². The van der Waals surface area contributed by atoms with Crippen molar-refractivity contribution in [3.8, 4) is 17.1 Å². The van der Waals surface area contributed by atoms with Gasteiger partial charge in [0.15, 0.2) is 5.11 Å². The Labute approximate surface area is 211 Å². The lowest BCUT2D eigenvalue weighted by molar-refractivity contribution is 0.0600. The van der Waals surface area contributed by atoms with Crippen molar-refractivity contribution in [1.82, 2.24) is 10.3 Å². The number of furan rings is 1. The fourth-order valence-electron chi connectivity index (χ4n) is 4.15. The highest BCUT2D eigenvalue weighted by molar-refractivity contribution is 7.80. The van der Waals surface area contributed by atoms with Gasteiger partial charge in [-0.05, 0) is 66.8 Å². The van der Waals surface area contributed by atoms with Crippen LogP contribution in [0.3, 0.4) is 0 Å². The Kier molecular flexibility index (Phi) is 6.15. The van der Waals surface area contributed by atoms with Crippen LogP contribution < -0.4 is 10.2 Å². The second-order valence-electron chi connectivity index (χ2n) is 7.90. The Morgan fingerprint density at radius 1 is 1.14 bits per heavy atom. The topological polar surface area (TPSA) is 87.8 Å². The molecule has 1 aliphatic heterocycles. The molecule has 0 saturated carbocycles. The number of carbonyl (C=O) groups is 1. The second kappa shape index (κ2) is 9.40. The number of benzene rings is 2. The van der Waals surface area contributed by atoms with Crippen LogP contribution in [-0.2, 0) is 4.74 Å². The summed E-state index contributed by atoms with van der Waals surface area (Å²) in [4.78, 5) is 18.1. The zero-order valence-electron chi connectivity index (χ0n) is 18.5. The summed E-state index contributed by atoms with van der Waals surface area (Å²) in [5, 5.41) is 14.8. The number of phenolic OH excluding ortho intramolecular Hbond substituents is 1. The molecule has 0 bridgehead atoms. The van der Waals surface area contributed by atoms with Gasteiger partial charge in [0, 0.05) is 16.8 Å². The van der Waals surface area contributed by atoms with E-state index in [1.165, 1.54) is 13.2 Å². The minimum atomic E-state index is -0.454. The molecule has 0 spiro atoms. The summed E-state index contributed by atoms with van der Waals surface area (Å²) in [6.07, 6.45) is 1.72. The standard InChI is InChI=1S/C26H20ClN3O4S/c1-33-25(32)16-7-5-15(6-8-16)21-11-12-22(34-21)24-23(18-4-2-3-13-28-18)29-26(35)30(24)19-14-17(27)9-10-20(19)31/h2-14,23-24,31H,1H3,(H,29,35)/t23-,24+/m1/s1. The molecule has 2 atom stereocenters. The van der Waals surface area contributed by atoms with Crippen LogP contribution in [-0.4, -0.2) is 28.3 Å². The monoisotopic (exact) mass is 505 g/mol. The smallest absolute Gasteiger partial charge is 0.337 e. The first-order valence-corrected chi connectivity index (χ1v) is 11.5. The molecule has 1 aliphatic rings. The van der Waals surface area contributed by atoms with E-state index in [0.717, 1.165) is 11.3 Å². The Morgan fingerprint density at radius 3 is 2.66 bits per heavy atom. The predicted octanol–water partition coefficient (Wildman–Crippen LogP) is 5.66. The Bertz CT molecular complexity index is 1390. The molecule has 2 aromatic carbocycles. The number of aromatic hydroxyl groups is 1. The quantitative estimate of drug-likeness (QED) is 0.265. The predicted molar refractivity (Wildman–Crippen MR) is 137 cm³/mol. The molecule has 35 heavy (non-hydrogen) atoms. The van der Waals surface area contributed by atoms with Crippen LogP contribution in [0.1, 0.15) is 33.9 Å². The molecule has 0 unspecified atom stereocenters. The van der Waals surface area contributed by atoms with Crippen LogP contribution >= 0.6 is 23.8 Å². The molecule has 9 heteroatoms. The third kappa shape index (κ3) is 4.34. The molecule has 0 radical (unpaired) electrons. The van der Waals surface area contributed by atoms with E-state index >= 15 is 0 Å². The number of anilines is 1. The van der Waals surface area contributed by atoms with Crippen LogP contribution in [0.4, 0.5) is 5.69 Å². The van der Waals surface area contributed by atoms with Crippen LogP contribution in [0.15, 0.2) is 83.4 Å². The number of thiocarbonyl (C=S) groups is 1. The molecule has 176 valence electrons. The minimum Gasteiger partial charge on any atom is -0.506 e. The summed E-state index contributed by atoms with van der Waals surface area (Å²) in [7, 11) is 1.34. The van der Waals surface area contributed by atoms with E-state index in [1.54, 1.807) is 47.5 Å². The fourth-order valence-corrected chi connectivity index (χ4v) is 4.65. The third-order valence-corrected chi connectivity index (χ3v) is 6.35. The van der Waals surface area contributed by atoms with Crippen molar-refractivity contribution >= 4 is 40.6 Å². The van der Waals surface area contributed by atoms with Crippen molar-refractivity contribution in [1.29, 1.82) is 0 Å². The molecule has 2 aromatic heterocycles. The zero-order chi connectivity index (χ0) is 24.5. The number of aromatic nitrogens is 1. The lowest BCUT2D eigenvalue weighted by atomic mass is 10.0. The number of nitrogens with one attached hydrogen (secondary N) is 1. The number of nitrogens with zero attached hydrogens (tertiary/aromatic N) is 2. The van der Waals surface area contributed by atoms with Crippen LogP contribution in [0.25, 0.3) is 11.3 Å². The minimum absolute atomic E-state index is 0.0374. The van der Waals surface area contributed by atoms with Gasteiger partial charge in [-0.15, -0.1) is 0 Å². The van der Waals surface area contributed by atoms with Crippen molar-refractivity contribution in [2.24, 2.45) is 0 Å². The van der Waals surface area contributed by atoms with E-state index < -0.39 is 12.0 Å². The van der Waals surface area contributed by atoms with Gasteiger partial charge in [-0.3, -0.25) is 4.98 Å². The van der Waals surface area contributed by atoms with Gasteiger partial charge >= 0.3 is 5.97 Å². The largest absolute Gasteiger partial charge is 0.506 e. The molecule has 5 rings (SSSR count). The van der Waals surface area contributed by atoms with Crippen molar-refractivity contribution in [3.05, 3.63) is 101 Å². The zero-order valence-corrected chi connectivity index (χ0v) is 20.1. The second-order valence-corrected chi connectivity index (χ2v) is 8.72. The Balaban J connectivity index is 1.57. The molecule has 2 N–H and O–H groups in total. The molecule has 7 nitrogen and oxygen atoms in total. The fraction of sp³-hybridized carbons (Fsp3) is 0.115. The average Bonchev–Trinajstić information content (AvgIpc) is 3.50. The lowest BCUT2D eigenvalue weighted by Crippen LogP contribution is -2.29. The maximum atomic E-state index is 11.8. The van der Waals surface area contributed by atoms with Crippen molar-refractivity contribution in [2.45, 2.75) is 12.1 Å². The first kappa shape index (κ1) is 22.9. The van der Waals surface area contributed by atoms with Crippen LogP contribution in [0.2, 0.25) is 5.02 Å². The Hall–Kier alpha value is -3.88. The van der Waals surface area contributed by atoms with Gasteiger partial charge in [-0.2, -0.15) is 0 Å². The van der Waals surface area contributed by atoms with Gasteiger partial charge in [0.25, 0.3) is 0 Å². The number of phenols is 1. The van der Waals surface area contributed by atoms with Crippen molar-refractivity contribution in [3.63, 3.8) is 0 Å². The molecular weight excluding hydrogens is 486 g/mol. The number of pyridine rings is 1. The highest BCUT2D eigenvalue weighted by Crippen LogP contribution is 2.45. The number of hydrogen-bond donors (Lipinski definition) is 2. The summed E-state index contributed by atoms with van der Waals surface area (Å²) in [6.45, 7) is 0. The van der Waals surface area contributed by atoms with E-state index in [-0.39, 0.29) is 11.8 Å². The summed E-state index contributed by atoms with van der Waals surface area (Å²) in [5.41, 5.74) is 2.47. The summed E-state index contributed by atoms with van der Waals surface area (Å²) < 4.78 is 11.1. The summed E-state index contributed by atoms with van der Waals surface area (Å²) in [6, 6.07) is 20.3. The molecule has 1 fully saturated rings. The molecule has 1 saturated heterocycles. The molecule has 4 aromatic rings.